The molecule has 146 heavy (non-hydrogen) atoms. The van der Waals surface area contributed by atoms with Crippen LogP contribution in [0.25, 0.3) is 21.8 Å². The molecule has 3 unspecified atom stereocenters. The highest BCUT2D eigenvalue weighted by Gasteiger charge is 2.44. The Morgan fingerprint density at radius 2 is 0.945 bits per heavy atom. The molecule has 0 radical (unpaired) electrons. The van der Waals surface area contributed by atoms with Gasteiger partial charge in [0.05, 0.1) is 48.3 Å². The Morgan fingerprint density at radius 1 is 0.486 bits per heavy atom. The van der Waals surface area contributed by atoms with Gasteiger partial charge in [0.1, 0.15) is 60.2 Å². The number of carbonyl (C=O) groups is 14. The number of carbonyl (C=O) groups excluding carboxylic acids is 13. The molecule has 2 aromatic heterocycles. The molecule has 1 aliphatic carbocycles. The maximum atomic E-state index is 15.9. The Balaban J connectivity index is 0.972. The van der Waals surface area contributed by atoms with Crippen molar-refractivity contribution in [3.05, 3.63) is 160 Å². The largest absolute Gasteiger partial charge is 0.481 e. The third-order valence-corrected chi connectivity index (χ3v) is 35.8. The number of para-hydroxylation sites is 2. The fourth-order valence-corrected chi connectivity index (χ4v) is 27.2. The average molecular weight is 2130 g/mol. The van der Waals surface area contributed by atoms with Crippen LogP contribution in [0.3, 0.4) is 0 Å². The number of ketones is 2. The van der Waals surface area contributed by atoms with E-state index in [4.69, 9.17) is 11.5 Å². The lowest BCUT2D eigenvalue weighted by Gasteiger charge is -2.32. The molecule has 48 heteroatoms. The molecule has 4 aliphatic heterocycles. The summed E-state index contributed by atoms with van der Waals surface area (Å²) in [7, 11) is -8.75. The van der Waals surface area contributed by atoms with Crippen LogP contribution >= 0.6 is 35.3 Å². The number of nitrogens with one attached hydrogen (secondary N) is 14. The molecule has 0 spiro atoms. The topological polar surface area (TPSA) is 623 Å². The van der Waals surface area contributed by atoms with Crippen molar-refractivity contribution in [3.63, 3.8) is 0 Å². The number of carboxylic acid groups (broad SMARTS) is 1. The van der Waals surface area contributed by atoms with E-state index < -0.39 is 265 Å². The fourth-order valence-electron chi connectivity index (χ4n) is 18.4. The number of carboxylic acids is 1. The summed E-state index contributed by atoms with van der Waals surface area (Å²) in [5.74, 6) is -21.6. The quantitative estimate of drug-likeness (QED) is 0.0699. The number of amides is 11. The van der Waals surface area contributed by atoms with Gasteiger partial charge in [0.15, 0.2) is 5.78 Å². The minimum atomic E-state index is -4.61. The second kappa shape index (κ2) is 51.3. The Morgan fingerprint density at radius 3 is 1.41 bits per heavy atom. The van der Waals surface area contributed by atoms with E-state index in [-0.39, 0.29) is 106 Å². The zero-order valence-corrected chi connectivity index (χ0v) is 87.6. The number of aliphatic hydroxyl groups excluding tert-OH is 1. The summed E-state index contributed by atoms with van der Waals surface area (Å²) >= 11 is 2.83. The van der Waals surface area contributed by atoms with Crippen LogP contribution in [0.1, 0.15) is 130 Å². The summed E-state index contributed by atoms with van der Waals surface area (Å²) in [5.41, 5.74) is 17.8. The summed E-state index contributed by atoms with van der Waals surface area (Å²) in [6, 6.07) is 13.6. The highest BCUT2D eigenvalue weighted by atomic mass is 32.2. The molecule has 1 saturated carbocycles. The minimum Gasteiger partial charge on any atom is -0.481 e. The van der Waals surface area contributed by atoms with Crippen LogP contribution in [0, 0.1) is 23.7 Å². The van der Waals surface area contributed by atoms with Crippen LogP contribution < -0.4 is 75.3 Å². The van der Waals surface area contributed by atoms with E-state index in [9.17, 15) is 53.4 Å². The van der Waals surface area contributed by atoms with Gasteiger partial charge in [-0.2, -0.15) is 48.2 Å². The monoisotopic (exact) mass is 2130 g/mol. The molecular weight excluding hydrogens is 2000 g/mol. The second-order valence-corrected chi connectivity index (χ2v) is 47.9. The number of benzene rings is 5. The van der Waals surface area contributed by atoms with Gasteiger partial charge in [-0.1, -0.05) is 82.3 Å². The zero-order valence-electron chi connectivity index (χ0n) is 82.7. The van der Waals surface area contributed by atoms with Gasteiger partial charge in [0, 0.05) is 184 Å². The molecule has 7 aromatic rings. The Bertz CT molecular complexity index is 6340. The first kappa shape index (κ1) is 113. The van der Waals surface area contributed by atoms with Gasteiger partial charge in [-0.3, -0.25) is 67.1 Å². The molecule has 5 aliphatic rings. The first-order chi connectivity index (χ1) is 69.4. The lowest BCUT2D eigenvalue weighted by atomic mass is 9.85. The summed E-state index contributed by atoms with van der Waals surface area (Å²) in [6.45, 7) is 4.49. The Labute approximate surface area is 861 Å². The number of primary amides is 1. The molecule has 20 N–H and O–H groups in total. The lowest BCUT2D eigenvalue weighted by Crippen LogP contribution is -2.61. The van der Waals surface area contributed by atoms with Crippen molar-refractivity contribution in [2.24, 2.45) is 35.1 Å². The number of hydrogen-bond acceptors (Lipinski definition) is 28. The standard InChI is InChI=1S/C98H132N20O22S6/c1-55(2)86-97(133)109-77(42-85(123)124)92(128)106-45-84(122)107-75(38-65-43-104-73-18-11-9-16-71(65)73)93(129)113-87(56(3)4)98(134)118-22-14-20-80(118)96(132)110-78(89(100)125)53-142-24-27-145(137,138)116-48-60-29-58(32-68(34-60)101-6)46-115-47-59-30-62(36-69(33-59)102-7)50-117(51-63-31-61(49-116)35-70(37-63)103-8)146(139,140)28-25-143-54-79(95(131)108-76(94(130)112-86)39-66-44-105-74-19-12-10-17-72(66)74)111-90(126)64-15-13-21-81(119)88(83(121)40-64)114-91(127)67(41-82(120)57(5)99)52-141-23-26-144(115,135)136/h9-12,16-19,29-37,43-44,55-57,64,67,75-81,86-88,101-105,119H,13-15,20-28,38-42,45-54,99H2,1-8H3,(H2,100,125)(H,106,128)(H,107,122)(H,108,131)(H,109,133)(H,110,132)(H,111,126)(H,112,130)(H,113,129)(H,114,127)(H,123,124)/t57-,64+,67-,75-,76-,77-,78-,79-,80-,81+,86-,87-,88-/m0/s1. The number of thioether (sulfide) groups is 3. The number of nitrogens with two attached hydrogens (primary N) is 2. The molecule has 16 atom stereocenters. The lowest BCUT2D eigenvalue weighted by molar-refractivity contribution is -0.143. The minimum absolute atomic E-state index is 0.00343. The Kier molecular flexibility index (Phi) is 39.7. The average Bonchev–Trinajstić information content (AvgIpc) is 1.04. The van der Waals surface area contributed by atoms with E-state index >= 15 is 49.2 Å². The second-order valence-electron chi connectivity index (χ2n) is 38.2. The van der Waals surface area contributed by atoms with E-state index in [1.54, 1.807) is 151 Å². The third kappa shape index (κ3) is 30.5. The molecule has 6 heterocycles. The molecule has 42 nitrogen and oxygen atoms in total. The molecule has 12 rings (SSSR count). The normalized spacial score (nSPS) is 26.4. The predicted molar refractivity (Wildman–Crippen MR) is 557 cm³/mol. The number of H-pyrrole nitrogens is 2. The van der Waals surface area contributed by atoms with Crippen molar-refractivity contribution in [1.29, 1.82) is 0 Å². The van der Waals surface area contributed by atoms with E-state index in [1.807, 2.05) is 0 Å². The van der Waals surface area contributed by atoms with Gasteiger partial charge < -0.3 is 100 Å². The van der Waals surface area contributed by atoms with Crippen molar-refractivity contribution in [2.75, 3.05) is 102 Å². The summed E-state index contributed by atoms with van der Waals surface area (Å²) < 4.78 is 97.8. The van der Waals surface area contributed by atoms with Crippen LogP contribution in [0.15, 0.2) is 116 Å². The smallest absolute Gasteiger partial charge is 0.305 e. The number of Topliss-reactive ketones (excluding diaryl/α,β-unsaturated/α-hetero) is 2. The third-order valence-electron chi connectivity index (χ3n) is 26.5. The van der Waals surface area contributed by atoms with Gasteiger partial charge >= 0.3 is 5.97 Å². The molecule has 792 valence electrons. The zero-order chi connectivity index (χ0) is 106. The molecule has 2 fully saturated rings. The van der Waals surface area contributed by atoms with Gasteiger partial charge in [-0.25, -0.2) is 25.3 Å². The van der Waals surface area contributed by atoms with Crippen molar-refractivity contribution < 1.29 is 103 Å². The predicted octanol–water partition coefficient (Wildman–Crippen LogP) is 2.10. The van der Waals surface area contributed by atoms with Gasteiger partial charge in [0.25, 0.3) is 0 Å². The molecule has 12 bridgehead atoms. The van der Waals surface area contributed by atoms with Crippen LogP contribution in [0.2, 0.25) is 0 Å². The van der Waals surface area contributed by atoms with Crippen molar-refractivity contribution >= 4 is 187 Å². The van der Waals surface area contributed by atoms with Gasteiger partial charge in [0.2, 0.25) is 95.0 Å². The number of anilines is 3. The van der Waals surface area contributed by atoms with Gasteiger partial charge in [-0.15, -0.1) is 0 Å². The maximum Gasteiger partial charge on any atom is 0.305 e. The van der Waals surface area contributed by atoms with Gasteiger partial charge in [-0.05, 0) is 144 Å². The number of hydrogen-bond donors (Lipinski definition) is 18. The van der Waals surface area contributed by atoms with Crippen molar-refractivity contribution in [3.8, 4) is 0 Å². The van der Waals surface area contributed by atoms with Crippen LogP contribution in [-0.2, 0) is 149 Å². The number of aliphatic carboxylic acids is 1. The van der Waals surface area contributed by atoms with E-state index in [1.165, 1.54) is 38.6 Å². The van der Waals surface area contributed by atoms with Crippen molar-refractivity contribution in [2.45, 2.75) is 205 Å². The first-order valence-electron chi connectivity index (χ1n) is 48.6. The van der Waals surface area contributed by atoms with Crippen LogP contribution in [0.4, 0.5) is 17.1 Å². The number of aliphatic hydroxyl groups is 1. The highest BCUT2D eigenvalue weighted by Crippen LogP contribution is 2.33. The molecule has 11 amide bonds. The first-order valence-corrected chi connectivity index (χ1v) is 56.8. The molecule has 1 saturated heterocycles. The van der Waals surface area contributed by atoms with E-state index in [2.05, 4.69) is 73.8 Å². The Hall–Kier alpha value is -11.7. The number of sulfonamides is 3. The molecular formula is C98H132N20O22S6. The highest BCUT2D eigenvalue weighted by molar-refractivity contribution is 8.01. The number of rotatable bonds is 15. The van der Waals surface area contributed by atoms with Crippen LogP contribution in [-0.4, -0.2) is 298 Å². The fraction of sp³-hybridized carbons (Fsp3) is 0.510. The summed E-state index contributed by atoms with van der Waals surface area (Å²) in [5, 5.41) is 56.5. The maximum absolute atomic E-state index is 15.9. The summed E-state index contributed by atoms with van der Waals surface area (Å²) in [6.07, 6.45) is -1.02. The van der Waals surface area contributed by atoms with E-state index in [0.29, 0.717) is 83.4 Å². The number of fused-ring (bicyclic) bond motifs is 15. The summed E-state index contributed by atoms with van der Waals surface area (Å²) in [4.78, 5) is 212. The number of nitrogens with zero attached hydrogens (tertiary/aromatic N) is 4. The number of aromatic amines is 2. The molecule has 5 aromatic carbocycles. The SMILES string of the molecule is CNc1cc2cc(c1)CN1Cc3cc(cc(NC)c3)CN3Cc4cc(cc(NC)c4)CN(C2)S(=O)(=O)CCSC[C@H](CC(=O)[C@H](C)N)C(=O)N[C@@H]2C(=O)C[C@@H](CCC[C@H]2O)C(=O)N[C@@H](CSCCS3(=O)=O)C(=O)N[C@@H](Cc2c[nH]c3ccccc23)C(=O)N[C@@H](C(C)C)C(=O)N[C@@H](CC(=O)O)C(=O)NCC(=O)N[C@@H](Cc2c[nH]c3ccccc23)C(=O)N[C@@H](C(C)C)C(=O)N2CCC[C@H]2C(=O)N[C@H](C(N)=O)CSCCS1(=O)=O. The van der Waals surface area contributed by atoms with Crippen LogP contribution in [0.5, 0.6) is 0 Å². The number of aromatic nitrogens is 2. The van der Waals surface area contributed by atoms with E-state index in [0.717, 1.165) is 35.3 Å². The van der Waals surface area contributed by atoms with Crippen molar-refractivity contribution in [1.82, 2.24) is 75.6 Å².